The lowest BCUT2D eigenvalue weighted by Gasteiger charge is -2.30. The molecule has 0 radical (unpaired) electrons. The number of carbonyl (C=O) groups is 3. The summed E-state index contributed by atoms with van der Waals surface area (Å²) in [5.74, 6) is -1.87. The molecule has 1 aromatic rings. The second-order valence-electron chi connectivity index (χ2n) is 10.5. The molecule has 0 spiro atoms. The fraction of sp³-hybridized carbons (Fsp3) is 0.552. The Kier molecular flexibility index (Phi) is 11.4. The van der Waals surface area contributed by atoms with E-state index >= 15 is 0 Å². The summed E-state index contributed by atoms with van der Waals surface area (Å²) in [7, 11) is 0. The summed E-state index contributed by atoms with van der Waals surface area (Å²) < 4.78 is 5.60. The molecule has 7 nitrogen and oxygen atoms in total. The molecule has 0 unspecified atom stereocenters. The van der Waals surface area contributed by atoms with Gasteiger partial charge in [0.1, 0.15) is 6.61 Å². The smallest absolute Gasteiger partial charge is 0.309 e. The lowest BCUT2D eigenvalue weighted by molar-refractivity contribution is -0.151. The van der Waals surface area contributed by atoms with E-state index in [1.807, 2.05) is 30.3 Å². The van der Waals surface area contributed by atoms with Gasteiger partial charge in [-0.1, -0.05) is 55.3 Å². The number of benzene rings is 1. The van der Waals surface area contributed by atoms with Crippen LogP contribution in [0.25, 0.3) is 0 Å². The van der Waals surface area contributed by atoms with Crippen LogP contribution in [-0.2, 0) is 25.5 Å². The molecule has 0 heterocycles. The van der Waals surface area contributed by atoms with E-state index in [9.17, 15) is 19.5 Å². The maximum absolute atomic E-state index is 13.1. The molecule has 0 aromatic heterocycles. The molecule has 0 bridgehead atoms. The molecule has 1 fully saturated rings. The highest BCUT2D eigenvalue weighted by Gasteiger charge is 2.36. The number of ether oxygens (including phenoxy) is 1. The van der Waals surface area contributed by atoms with Crippen molar-refractivity contribution in [3.63, 3.8) is 0 Å². The van der Waals surface area contributed by atoms with Gasteiger partial charge in [-0.05, 0) is 51.5 Å². The Hall–Kier alpha value is -2.93. The Bertz CT molecular complexity index is 890. The number of allylic oxidation sites excluding steroid dienone is 2. The van der Waals surface area contributed by atoms with Crippen LogP contribution in [0.2, 0.25) is 0 Å². The predicted octanol–water partition coefficient (Wildman–Crippen LogP) is 3.86. The lowest BCUT2D eigenvalue weighted by Crippen LogP contribution is -2.52. The Morgan fingerprint density at radius 3 is 2.28 bits per heavy atom. The first-order valence-electron chi connectivity index (χ1n) is 12.8. The van der Waals surface area contributed by atoms with Gasteiger partial charge in [0.2, 0.25) is 11.8 Å². The largest absolute Gasteiger partial charge is 0.463 e. The maximum Gasteiger partial charge on any atom is 0.309 e. The van der Waals surface area contributed by atoms with Gasteiger partial charge < -0.3 is 20.5 Å². The number of aliphatic hydroxyl groups is 1. The third kappa shape index (κ3) is 9.26. The molecule has 1 saturated carbocycles. The minimum Gasteiger partial charge on any atom is -0.463 e. The van der Waals surface area contributed by atoms with Gasteiger partial charge in [0.05, 0.1) is 29.5 Å². The van der Waals surface area contributed by atoms with E-state index in [2.05, 4.69) is 23.8 Å². The molecule has 1 aliphatic rings. The van der Waals surface area contributed by atoms with Crippen LogP contribution in [0, 0.1) is 11.8 Å². The topological polar surface area (TPSA) is 105 Å². The van der Waals surface area contributed by atoms with Crippen molar-refractivity contribution in [3.8, 4) is 0 Å². The third-order valence-electron chi connectivity index (χ3n) is 6.67. The Labute approximate surface area is 215 Å². The highest BCUT2D eigenvalue weighted by molar-refractivity contribution is 5.86. The zero-order chi connectivity index (χ0) is 26.6. The minimum absolute atomic E-state index is 0.000630. The SMILES string of the molecule is C=CC[C@@H](CC(=O)NC1(CO)CCCC1)C(=O)NC(C)(C)COC(=O)[C@H](CC=C)Cc1ccccc1. The van der Waals surface area contributed by atoms with Crippen molar-refractivity contribution in [1.29, 1.82) is 0 Å². The van der Waals surface area contributed by atoms with E-state index in [1.54, 1.807) is 26.0 Å². The van der Waals surface area contributed by atoms with E-state index in [0.29, 0.717) is 19.3 Å². The Balaban J connectivity index is 1.93. The molecule has 7 heteroatoms. The Morgan fingerprint density at radius 2 is 1.69 bits per heavy atom. The molecule has 198 valence electrons. The molecule has 1 aliphatic carbocycles. The summed E-state index contributed by atoms with van der Waals surface area (Å²) in [6.45, 7) is 10.9. The first-order valence-corrected chi connectivity index (χ1v) is 12.8. The number of nitrogens with one attached hydrogen (secondary N) is 2. The summed E-state index contributed by atoms with van der Waals surface area (Å²) in [6, 6.07) is 9.73. The molecular weight excluding hydrogens is 456 g/mol. The van der Waals surface area contributed by atoms with Gasteiger partial charge in [0.15, 0.2) is 0 Å². The molecule has 2 amide bonds. The van der Waals surface area contributed by atoms with Gasteiger partial charge >= 0.3 is 5.97 Å². The number of hydrogen-bond acceptors (Lipinski definition) is 5. The lowest BCUT2D eigenvalue weighted by atomic mass is 9.94. The van der Waals surface area contributed by atoms with Gasteiger partial charge in [-0.2, -0.15) is 0 Å². The highest BCUT2D eigenvalue weighted by Crippen LogP contribution is 2.29. The molecule has 1 aromatic carbocycles. The van der Waals surface area contributed by atoms with Crippen LogP contribution < -0.4 is 10.6 Å². The molecule has 3 N–H and O–H groups in total. The van der Waals surface area contributed by atoms with Gasteiger partial charge in [0, 0.05) is 6.42 Å². The van der Waals surface area contributed by atoms with Crippen LogP contribution in [0.5, 0.6) is 0 Å². The summed E-state index contributed by atoms with van der Waals surface area (Å²) in [5.41, 5.74) is -0.368. The van der Waals surface area contributed by atoms with Crippen LogP contribution >= 0.6 is 0 Å². The quantitative estimate of drug-likeness (QED) is 0.252. The monoisotopic (exact) mass is 498 g/mol. The van der Waals surface area contributed by atoms with Crippen molar-refractivity contribution in [1.82, 2.24) is 10.6 Å². The normalized spacial score (nSPS) is 16.4. The van der Waals surface area contributed by atoms with Crippen LogP contribution in [0.3, 0.4) is 0 Å². The second-order valence-corrected chi connectivity index (χ2v) is 10.5. The number of hydrogen-bond donors (Lipinski definition) is 3. The van der Waals surface area contributed by atoms with E-state index < -0.39 is 17.0 Å². The zero-order valence-electron chi connectivity index (χ0n) is 21.8. The number of aliphatic hydroxyl groups excluding tert-OH is 1. The van der Waals surface area contributed by atoms with E-state index in [1.165, 1.54) is 0 Å². The number of esters is 1. The van der Waals surface area contributed by atoms with Crippen molar-refractivity contribution in [2.45, 2.75) is 76.3 Å². The average Bonchev–Trinajstić information content (AvgIpc) is 3.31. The zero-order valence-corrected chi connectivity index (χ0v) is 21.8. The molecule has 2 rings (SSSR count). The van der Waals surface area contributed by atoms with Crippen molar-refractivity contribution >= 4 is 17.8 Å². The fourth-order valence-electron chi connectivity index (χ4n) is 4.63. The van der Waals surface area contributed by atoms with Crippen molar-refractivity contribution in [3.05, 3.63) is 61.2 Å². The summed E-state index contributed by atoms with van der Waals surface area (Å²) in [5, 5.41) is 15.6. The first kappa shape index (κ1) is 29.3. The van der Waals surface area contributed by atoms with Gasteiger partial charge in [0.25, 0.3) is 0 Å². The van der Waals surface area contributed by atoms with Crippen molar-refractivity contribution in [2.75, 3.05) is 13.2 Å². The summed E-state index contributed by atoms with van der Waals surface area (Å²) in [6.07, 6.45) is 8.09. The molecule has 2 atom stereocenters. The summed E-state index contributed by atoms with van der Waals surface area (Å²) >= 11 is 0. The van der Waals surface area contributed by atoms with Crippen molar-refractivity contribution in [2.24, 2.45) is 11.8 Å². The average molecular weight is 499 g/mol. The summed E-state index contributed by atoms with van der Waals surface area (Å²) in [4.78, 5) is 38.6. The maximum atomic E-state index is 13.1. The van der Waals surface area contributed by atoms with E-state index in [-0.39, 0.29) is 43.3 Å². The van der Waals surface area contributed by atoms with Crippen LogP contribution in [0.4, 0.5) is 0 Å². The molecule has 0 saturated heterocycles. The van der Waals surface area contributed by atoms with Crippen molar-refractivity contribution < 1.29 is 24.2 Å². The van der Waals surface area contributed by atoms with Crippen LogP contribution in [-0.4, -0.2) is 47.2 Å². The van der Waals surface area contributed by atoms with Gasteiger partial charge in [-0.15, -0.1) is 13.2 Å². The minimum atomic E-state index is -0.827. The third-order valence-corrected chi connectivity index (χ3v) is 6.67. The fourth-order valence-corrected chi connectivity index (χ4v) is 4.63. The predicted molar refractivity (Wildman–Crippen MR) is 141 cm³/mol. The highest BCUT2D eigenvalue weighted by atomic mass is 16.5. The molecular formula is C29H42N2O5. The standard InChI is InChI=1S/C29H42N2O5/c1-5-12-23(19-25(33)30-29(20-32)16-10-11-17-29)26(34)31-28(3,4)21-36-27(35)24(13-6-2)18-22-14-8-7-9-15-22/h5-9,14-15,23-24,32H,1-2,10-13,16-21H2,3-4H3,(H,30,33)(H,31,34)/t23-,24+/m0/s1. The van der Waals surface area contributed by atoms with Gasteiger partial charge in [-0.25, -0.2) is 0 Å². The van der Waals surface area contributed by atoms with Gasteiger partial charge in [-0.3, -0.25) is 14.4 Å². The van der Waals surface area contributed by atoms with E-state index in [4.69, 9.17) is 4.74 Å². The second kappa shape index (κ2) is 14.0. The molecule has 36 heavy (non-hydrogen) atoms. The van der Waals surface area contributed by atoms with Crippen LogP contribution in [0.15, 0.2) is 55.6 Å². The number of amides is 2. The molecule has 0 aliphatic heterocycles. The van der Waals surface area contributed by atoms with Crippen LogP contribution in [0.1, 0.15) is 64.4 Å². The number of rotatable bonds is 15. The first-order chi connectivity index (χ1) is 17.1. The number of carbonyl (C=O) groups excluding carboxylic acids is 3. The van der Waals surface area contributed by atoms with E-state index in [0.717, 1.165) is 31.2 Å². The Morgan fingerprint density at radius 1 is 1.08 bits per heavy atom.